The van der Waals surface area contributed by atoms with Crippen LogP contribution in [0, 0.1) is 11.8 Å². The Balaban J connectivity index is 1.47. The van der Waals surface area contributed by atoms with Crippen molar-refractivity contribution in [3.05, 3.63) is 0 Å². The van der Waals surface area contributed by atoms with E-state index in [1.807, 2.05) is 0 Å². The highest BCUT2D eigenvalue weighted by Gasteiger charge is 2.30. The fourth-order valence-electron chi connectivity index (χ4n) is 4.46. The van der Waals surface area contributed by atoms with E-state index in [4.69, 9.17) is 5.73 Å². The lowest BCUT2D eigenvalue weighted by molar-refractivity contribution is 0.167. The van der Waals surface area contributed by atoms with Gasteiger partial charge in [0.25, 0.3) is 0 Å². The van der Waals surface area contributed by atoms with Crippen molar-refractivity contribution < 1.29 is 0 Å². The lowest BCUT2D eigenvalue weighted by atomic mass is 9.82. The summed E-state index contributed by atoms with van der Waals surface area (Å²) in [5, 5.41) is 0. The van der Waals surface area contributed by atoms with Gasteiger partial charge >= 0.3 is 0 Å². The first kappa shape index (κ1) is 13.8. The minimum Gasteiger partial charge on any atom is -0.330 e. The summed E-state index contributed by atoms with van der Waals surface area (Å²) in [6, 6.07) is 0.878. The molecule has 0 radical (unpaired) electrons. The largest absolute Gasteiger partial charge is 0.330 e. The van der Waals surface area contributed by atoms with Gasteiger partial charge in [0.05, 0.1) is 0 Å². The van der Waals surface area contributed by atoms with Crippen molar-refractivity contribution in [3.8, 4) is 0 Å². The van der Waals surface area contributed by atoms with Crippen molar-refractivity contribution in [2.45, 2.75) is 51.0 Å². The van der Waals surface area contributed by atoms with Gasteiger partial charge in [-0.25, -0.2) is 0 Å². The Labute approximate surface area is 118 Å². The second-order valence-electron chi connectivity index (χ2n) is 7.07. The van der Waals surface area contributed by atoms with Crippen molar-refractivity contribution in [3.63, 3.8) is 0 Å². The van der Waals surface area contributed by atoms with Crippen molar-refractivity contribution in [2.24, 2.45) is 17.6 Å². The second kappa shape index (κ2) is 6.55. The molecule has 2 N–H and O–H groups in total. The zero-order valence-corrected chi connectivity index (χ0v) is 12.4. The third-order valence-electron chi connectivity index (χ3n) is 5.70. The number of nitrogens with two attached hydrogens (primary N) is 1. The van der Waals surface area contributed by atoms with Crippen LogP contribution in [0.15, 0.2) is 0 Å². The number of hydrogen-bond acceptors (Lipinski definition) is 3. The van der Waals surface area contributed by atoms with Gasteiger partial charge in [-0.2, -0.15) is 0 Å². The SMILES string of the molecule is NCC1CCC(CN2CCCN3CCCC3C2)CC1. The quantitative estimate of drug-likeness (QED) is 0.846. The molecule has 0 bridgehead atoms. The van der Waals surface area contributed by atoms with Crippen LogP contribution in [0.3, 0.4) is 0 Å². The monoisotopic (exact) mass is 265 g/mol. The molecule has 3 fully saturated rings. The molecule has 2 heterocycles. The van der Waals surface area contributed by atoms with E-state index in [2.05, 4.69) is 9.80 Å². The third kappa shape index (κ3) is 3.50. The van der Waals surface area contributed by atoms with Crippen molar-refractivity contribution in [2.75, 3.05) is 39.3 Å². The van der Waals surface area contributed by atoms with Crippen molar-refractivity contribution in [1.29, 1.82) is 0 Å². The highest BCUT2D eigenvalue weighted by atomic mass is 15.3. The maximum Gasteiger partial charge on any atom is 0.0223 e. The van der Waals surface area contributed by atoms with E-state index < -0.39 is 0 Å². The van der Waals surface area contributed by atoms with Gasteiger partial charge in [-0.1, -0.05) is 0 Å². The molecule has 2 saturated heterocycles. The summed E-state index contributed by atoms with van der Waals surface area (Å²) >= 11 is 0. The average molecular weight is 265 g/mol. The summed E-state index contributed by atoms with van der Waals surface area (Å²) in [5.74, 6) is 1.78. The predicted octanol–water partition coefficient (Wildman–Crippen LogP) is 1.92. The lowest BCUT2D eigenvalue weighted by Gasteiger charge is -2.33. The molecule has 1 aliphatic carbocycles. The van der Waals surface area contributed by atoms with Crippen LogP contribution in [0.25, 0.3) is 0 Å². The van der Waals surface area contributed by atoms with Crippen LogP contribution in [0.4, 0.5) is 0 Å². The van der Waals surface area contributed by atoms with Gasteiger partial charge in [0.15, 0.2) is 0 Å². The number of nitrogens with zero attached hydrogens (tertiary/aromatic N) is 2. The molecule has 3 aliphatic rings. The maximum atomic E-state index is 5.80. The van der Waals surface area contributed by atoms with Crippen LogP contribution in [-0.2, 0) is 0 Å². The molecule has 0 aromatic carbocycles. The van der Waals surface area contributed by atoms with Crippen LogP contribution in [0.2, 0.25) is 0 Å². The van der Waals surface area contributed by atoms with E-state index in [1.165, 1.54) is 77.7 Å². The Morgan fingerprint density at radius 3 is 2.37 bits per heavy atom. The van der Waals surface area contributed by atoms with E-state index in [9.17, 15) is 0 Å². The van der Waals surface area contributed by atoms with Gasteiger partial charge in [0.1, 0.15) is 0 Å². The van der Waals surface area contributed by atoms with E-state index in [-0.39, 0.29) is 0 Å². The van der Waals surface area contributed by atoms with Crippen LogP contribution >= 0.6 is 0 Å². The molecule has 3 rings (SSSR count). The Hall–Kier alpha value is -0.120. The van der Waals surface area contributed by atoms with E-state index in [1.54, 1.807) is 0 Å². The third-order valence-corrected chi connectivity index (χ3v) is 5.70. The number of hydrogen-bond donors (Lipinski definition) is 1. The number of rotatable bonds is 3. The van der Waals surface area contributed by atoms with Crippen LogP contribution in [0.1, 0.15) is 44.9 Å². The maximum absolute atomic E-state index is 5.80. The average Bonchev–Trinajstić information content (AvgIpc) is 2.79. The topological polar surface area (TPSA) is 32.5 Å². The Bertz CT molecular complexity index is 273. The summed E-state index contributed by atoms with van der Waals surface area (Å²) < 4.78 is 0. The zero-order valence-electron chi connectivity index (χ0n) is 12.4. The molecular formula is C16H31N3. The molecule has 1 atom stereocenters. The molecule has 0 aromatic heterocycles. The Morgan fingerprint density at radius 1 is 0.842 bits per heavy atom. The van der Waals surface area contributed by atoms with Gasteiger partial charge in [0.2, 0.25) is 0 Å². The van der Waals surface area contributed by atoms with Gasteiger partial charge in [-0.15, -0.1) is 0 Å². The van der Waals surface area contributed by atoms with Gasteiger partial charge in [-0.05, 0) is 83.0 Å². The second-order valence-corrected chi connectivity index (χ2v) is 7.07. The molecule has 19 heavy (non-hydrogen) atoms. The molecule has 1 unspecified atom stereocenters. The molecule has 0 amide bonds. The Morgan fingerprint density at radius 2 is 1.58 bits per heavy atom. The van der Waals surface area contributed by atoms with Gasteiger partial charge < -0.3 is 10.6 Å². The predicted molar refractivity (Wildman–Crippen MR) is 80.2 cm³/mol. The minimum atomic E-state index is 0.825. The summed E-state index contributed by atoms with van der Waals surface area (Å²) in [6.45, 7) is 7.66. The number of fused-ring (bicyclic) bond motifs is 1. The molecule has 2 aliphatic heterocycles. The van der Waals surface area contributed by atoms with E-state index >= 15 is 0 Å². The summed E-state index contributed by atoms with van der Waals surface area (Å²) in [6.07, 6.45) is 9.86. The standard InChI is InChI=1S/C16H31N3/c17-11-14-4-6-15(7-5-14)12-18-8-2-10-19-9-1-3-16(19)13-18/h14-16H,1-13,17H2. The fraction of sp³-hybridized carbons (Fsp3) is 1.00. The fourth-order valence-corrected chi connectivity index (χ4v) is 4.46. The highest BCUT2D eigenvalue weighted by Crippen LogP contribution is 2.29. The molecule has 0 aromatic rings. The highest BCUT2D eigenvalue weighted by molar-refractivity contribution is 4.86. The molecule has 1 saturated carbocycles. The Kier molecular flexibility index (Phi) is 4.78. The minimum absolute atomic E-state index is 0.825. The summed E-state index contributed by atoms with van der Waals surface area (Å²) in [7, 11) is 0. The first-order chi connectivity index (χ1) is 9.35. The molecule has 3 nitrogen and oxygen atoms in total. The van der Waals surface area contributed by atoms with Crippen LogP contribution in [0.5, 0.6) is 0 Å². The van der Waals surface area contributed by atoms with Gasteiger partial charge in [-0.3, -0.25) is 4.90 Å². The summed E-state index contributed by atoms with van der Waals surface area (Å²) in [4.78, 5) is 5.52. The normalized spacial score (nSPS) is 38.1. The summed E-state index contributed by atoms with van der Waals surface area (Å²) in [5.41, 5.74) is 5.80. The van der Waals surface area contributed by atoms with Crippen molar-refractivity contribution in [1.82, 2.24) is 9.80 Å². The van der Waals surface area contributed by atoms with Gasteiger partial charge in [0, 0.05) is 19.1 Å². The zero-order chi connectivity index (χ0) is 13.1. The molecule has 0 spiro atoms. The molecule has 110 valence electrons. The van der Waals surface area contributed by atoms with Crippen LogP contribution < -0.4 is 5.73 Å². The smallest absolute Gasteiger partial charge is 0.0223 e. The van der Waals surface area contributed by atoms with E-state index in [0.29, 0.717) is 0 Å². The first-order valence-electron chi connectivity index (χ1n) is 8.51. The first-order valence-corrected chi connectivity index (χ1v) is 8.51. The lowest BCUT2D eigenvalue weighted by Crippen LogP contribution is -2.39. The molecule has 3 heteroatoms. The molecular weight excluding hydrogens is 234 g/mol. The van der Waals surface area contributed by atoms with E-state index in [0.717, 1.165) is 24.4 Å². The van der Waals surface area contributed by atoms with Crippen molar-refractivity contribution >= 4 is 0 Å². The van der Waals surface area contributed by atoms with Crippen LogP contribution in [-0.4, -0.2) is 55.1 Å².